The number of rotatable bonds is 2. The van der Waals surface area contributed by atoms with E-state index in [-0.39, 0.29) is 23.4 Å². The summed E-state index contributed by atoms with van der Waals surface area (Å²) in [5.74, 6) is -1.05. The van der Waals surface area contributed by atoms with Gasteiger partial charge in [-0.2, -0.15) is 0 Å². The van der Waals surface area contributed by atoms with Crippen LogP contribution in [0.25, 0.3) is 0 Å². The number of hydrogen-bond acceptors (Lipinski definition) is 6. The number of carbonyl (C=O) groups is 2. The van der Waals surface area contributed by atoms with Crippen molar-refractivity contribution in [3.63, 3.8) is 0 Å². The molecule has 0 bridgehead atoms. The van der Waals surface area contributed by atoms with E-state index in [0.29, 0.717) is 11.1 Å². The molecule has 5 atom stereocenters. The molecule has 0 radical (unpaired) electrons. The molecule has 2 aliphatic carbocycles. The monoisotopic (exact) mass is 346 g/mol. The third kappa shape index (κ3) is 2.51. The Hall–Kier alpha value is -2.08. The first-order valence-corrected chi connectivity index (χ1v) is 8.63. The van der Waals surface area contributed by atoms with Gasteiger partial charge in [0.2, 0.25) is 0 Å². The van der Waals surface area contributed by atoms with E-state index in [2.05, 4.69) is 13.8 Å². The van der Waals surface area contributed by atoms with Gasteiger partial charge >= 0.3 is 11.9 Å². The topological polar surface area (TPSA) is 82.1 Å². The summed E-state index contributed by atoms with van der Waals surface area (Å²) in [5, 5.41) is 10.4. The van der Waals surface area contributed by atoms with Gasteiger partial charge in [-0.15, -0.1) is 0 Å². The molecule has 1 saturated heterocycles. The van der Waals surface area contributed by atoms with Gasteiger partial charge in [0.25, 0.3) is 6.29 Å². The summed E-state index contributed by atoms with van der Waals surface area (Å²) in [5.41, 5.74) is 1.81. The second-order valence-corrected chi connectivity index (χ2v) is 7.92. The summed E-state index contributed by atoms with van der Waals surface area (Å²) < 4.78 is 16.1. The lowest BCUT2D eigenvalue weighted by Gasteiger charge is -2.42. The normalized spacial score (nSPS) is 40.2. The van der Waals surface area contributed by atoms with Crippen molar-refractivity contribution in [2.75, 3.05) is 0 Å². The van der Waals surface area contributed by atoms with Crippen LogP contribution < -0.4 is 0 Å². The first kappa shape index (κ1) is 16.4. The highest BCUT2D eigenvalue weighted by atomic mass is 16.7. The fourth-order valence-corrected chi connectivity index (χ4v) is 4.42. The highest BCUT2D eigenvalue weighted by Crippen LogP contribution is 2.55. The SMILES string of the molecule is CC1=C[C@H](O/C=C2/C(=O)O[C@H]3[C@@H]2C=C2[C@H](O)CCC(C)(C)[C@H]23)OC1=O. The molecule has 1 N–H and O–H groups in total. The Morgan fingerprint density at radius 2 is 2.00 bits per heavy atom. The van der Waals surface area contributed by atoms with Crippen LogP contribution in [0.4, 0.5) is 0 Å². The van der Waals surface area contributed by atoms with Gasteiger partial charge in [-0.05, 0) is 30.8 Å². The molecule has 0 aromatic heterocycles. The van der Waals surface area contributed by atoms with E-state index in [4.69, 9.17) is 14.2 Å². The van der Waals surface area contributed by atoms with Crippen molar-refractivity contribution in [2.24, 2.45) is 17.3 Å². The zero-order valence-electron chi connectivity index (χ0n) is 14.5. The third-order valence-electron chi connectivity index (χ3n) is 5.80. The summed E-state index contributed by atoms with van der Waals surface area (Å²) in [4.78, 5) is 23.7. The number of aliphatic hydroxyl groups excluding tert-OH is 1. The van der Waals surface area contributed by atoms with Crippen molar-refractivity contribution in [1.29, 1.82) is 0 Å². The highest BCUT2D eigenvalue weighted by molar-refractivity contribution is 5.92. The Morgan fingerprint density at radius 1 is 1.24 bits per heavy atom. The molecule has 134 valence electrons. The summed E-state index contributed by atoms with van der Waals surface area (Å²) >= 11 is 0. The maximum atomic E-state index is 12.3. The summed E-state index contributed by atoms with van der Waals surface area (Å²) in [6.45, 7) is 5.95. The van der Waals surface area contributed by atoms with Crippen molar-refractivity contribution in [3.05, 3.63) is 35.1 Å². The van der Waals surface area contributed by atoms with E-state index in [1.807, 2.05) is 6.08 Å². The maximum absolute atomic E-state index is 12.3. The zero-order valence-corrected chi connectivity index (χ0v) is 14.5. The highest BCUT2D eigenvalue weighted by Gasteiger charge is 2.56. The van der Waals surface area contributed by atoms with Crippen LogP contribution in [-0.4, -0.2) is 35.5 Å². The van der Waals surface area contributed by atoms with E-state index in [1.165, 1.54) is 6.26 Å². The minimum Gasteiger partial charge on any atom is -0.458 e. The van der Waals surface area contributed by atoms with Gasteiger partial charge in [-0.1, -0.05) is 19.9 Å². The molecule has 0 spiro atoms. The van der Waals surface area contributed by atoms with E-state index >= 15 is 0 Å². The van der Waals surface area contributed by atoms with E-state index in [1.54, 1.807) is 13.0 Å². The molecule has 4 rings (SSSR count). The van der Waals surface area contributed by atoms with E-state index in [0.717, 1.165) is 18.4 Å². The van der Waals surface area contributed by atoms with Crippen molar-refractivity contribution in [2.45, 2.75) is 52.1 Å². The van der Waals surface area contributed by atoms with Crippen molar-refractivity contribution >= 4 is 11.9 Å². The molecule has 2 fully saturated rings. The van der Waals surface area contributed by atoms with E-state index in [9.17, 15) is 14.7 Å². The number of esters is 2. The first-order valence-electron chi connectivity index (χ1n) is 8.63. The minimum absolute atomic E-state index is 0.0162. The van der Waals surface area contributed by atoms with Gasteiger partial charge in [0, 0.05) is 17.6 Å². The number of hydrogen-bond donors (Lipinski definition) is 1. The Labute approximate surface area is 146 Å². The smallest absolute Gasteiger partial charge is 0.338 e. The molecule has 0 aromatic rings. The number of aliphatic hydroxyl groups is 1. The maximum Gasteiger partial charge on any atom is 0.338 e. The van der Waals surface area contributed by atoms with Crippen LogP contribution in [0.5, 0.6) is 0 Å². The molecule has 0 aromatic carbocycles. The molecule has 2 aliphatic heterocycles. The first-order chi connectivity index (χ1) is 11.8. The number of fused-ring (bicyclic) bond motifs is 3. The molecule has 2 heterocycles. The average Bonchev–Trinajstić information content (AvgIpc) is 3.15. The predicted octanol–water partition coefficient (Wildman–Crippen LogP) is 1.99. The quantitative estimate of drug-likeness (QED) is 0.356. The summed E-state index contributed by atoms with van der Waals surface area (Å²) in [7, 11) is 0. The van der Waals surface area contributed by atoms with Crippen LogP contribution in [-0.2, 0) is 23.8 Å². The minimum atomic E-state index is -0.815. The predicted molar refractivity (Wildman–Crippen MR) is 86.8 cm³/mol. The van der Waals surface area contributed by atoms with Crippen molar-refractivity contribution in [1.82, 2.24) is 0 Å². The van der Waals surface area contributed by atoms with E-state index < -0.39 is 24.3 Å². The molecule has 6 heteroatoms. The fourth-order valence-electron chi connectivity index (χ4n) is 4.42. The number of cyclic esters (lactones) is 1. The zero-order chi connectivity index (χ0) is 17.9. The lowest BCUT2D eigenvalue weighted by molar-refractivity contribution is -0.152. The van der Waals surface area contributed by atoms with Gasteiger partial charge < -0.3 is 19.3 Å². The summed E-state index contributed by atoms with van der Waals surface area (Å²) in [6, 6.07) is 0. The molecule has 6 nitrogen and oxygen atoms in total. The van der Waals surface area contributed by atoms with Crippen LogP contribution in [0.15, 0.2) is 35.1 Å². The standard InChI is InChI=1S/C19H22O6/c1-9-6-14(24-17(9)21)23-8-12-10-7-11-13(20)4-5-19(2,3)15(11)16(10)25-18(12)22/h6-8,10,13-16,20H,4-5H2,1-3H3/b12-8+/t10-,13-,14-,15-,16+/m1/s1. The molecule has 0 unspecified atom stereocenters. The van der Waals surface area contributed by atoms with Crippen molar-refractivity contribution < 1.29 is 28.9 Å². The van der Waals surface area contributed by atoms with Crippen LogP contribution in [0.1, 0.15) is 33.6 Å². The van der Waals surface area contributed by atoms with Crippen molar-refractivity contribution in [3.8, 4) is 0 Å². The second kappa shape index (κ2) is 5.46. The Kier molecular flexibility index (Phi) is 3.58. The Morgan fingerprint density at radius 3 is 2.68 bits per heavy atom. The third-order valence-corrected chi connectivity index (χ3v) is 5.80. The largest absolute Gasteiger partial charge is 0.458 e. The molecule has 25 heavy (non-hydrogen) atoms. The fraction of sp³-hybridized carbons (Fsp3) is 0.579. The van der Waals surface area contributed by atoms with Crippen LogP contribution in [0.3, 0.4) is 0 Å². The molecular formula is C19H22O6. The van der Waals surface area contributed by atoms with Gasteiger partial charge in [0.15, 0.2) is 0 Å². The lowest BCUT2D eigenvalue weighted by atomic mass is 9.65. The Bertz CT molecular complexity index is 728. The summed E-state index contributed by atoms with van der Waals surface area (Å²) in [6.07, 6.45) is 4.88. The molecular weight excluding hydrogens is 324 g/mol. The van der Waals surface area contributed by atoms with Gasteiger partial charge in [0.1, 0.15) is 6.10 Å². The molecule has 4 aliphatic rings. The van der Waals surface area contributed by atoms with Crippen LogP contribution >= 0.6 is 0 Å². The average molecular weight is 346 g/mol. The lowest BCUT2D eigenvalue weighted by Crippen LogP contribution is -2.41. The van der Waals surface area contributed by atoms with Gasteiger partial charge in [0.05, 0.1) is 23.9 Å². The number of carbonyl (C=O) groups excluding carboxylic acids is 2. The second-order valence-electron chi connectivity index (χ2n) is 7.92. The molecule has 1 saturated carbocycles. The molecule has 0 amide bonds. The number of ether oxygens (including phenoxy) is 3. The Balaban J connectivity index is 1.59. The van der Waals surface area contributed by atoms with Gasteiger partial charge in [-0.3, -0.25) is 0 Å². The van der Waals surface area contributed by atoms with Crippen LogP contribution in [0, 0.1) is 17.3 Å². The van der Waals surface area contributed by atoms with Crippen LogP contribution in [0.2, 0.25) is 0 Å². The van der Waals surface area contributed by atoms with Gasteiger partial charge in [-0.25, -0.2) is 9.59 Å².